The minimum atomic E-state index is -0.0272. The summed E-state index contributed by atoms with van der Waals surface area (Å²) in [5.74, 6) is -0.0124. The van der Waals surface area contributed by atoms with E-state index >= 15 is 0 Å². The summed E-state index contributed by atoms with van der Waals surface area (Å²) >= 11 is 0. The molecule has 0 amide bonds. The summed E-state index contributed by atoms with van der Waals surface area (Å²) in [5.41, 5.74) is 0. The van der Waals surface area contributed by atoms with Crippen molar-refractivity contribution < 1.29 is 9.53 Å². The molecule has 3 nitrogen and oxygen atoms in total. The van der Waals surface area contributed by atoms with Gasteiger partial charge in [0.05, 0.1) is 0 Å². The van der Waals surface area contributed by atoms with Crippen LogP contribution in [0.15, 0.2) is 0 Å². The monoisotopic (exact) mass is 211 g/mol. The van der Waals surface area contributed by atoms with Crippen LogP contribution in [0.4, 0.5) is 0 Å². The van der Waals surface area contributed by atoms with Crippen LogP contribution in [0.5, 0.6) is 0 Å². The quantitative estimate of drug-likeness (QED) is 0.710. The Hall–Kier alpha value is -0.570. The molecule has 1 saturated carbocycles. The van der Waals surface area contributed by atoms with Crippen LogP contribution in [-0.2, 0) is 9.53 Å². The zero-order valence-electron chi connectivity index (χ0n) is 9.34. The van der Waals surface area contributed by atoms with E-state index in [0.29, 0.717) is 0 Å². The van der Waals surface area contributed by atoms with Crippen molar-refractivity contribution in [2.75, 3.05) is 6.54 Å². The Kier molecular flexibility index (Phi) is 4.01. The van der Waals surface area contributed by atoms with E-state index in [1.807, 2.05) is 0 Å². The van der Waals surface area contributed by atoms with Gasteiger partial charge in [0.2, 0.25) is 0 Å². The van der Waals surface area contributed by atoms with E-state index in [9.17, 15) is 4.79 Å². The highest BCUT2D eigenvalue weighted by Crippen LogP contribution is 2.21. The average molecular weight is 211 g/mol. The van der Waals surface area contributed by atoms with E-state index < -0.39 is 0 Å². The van der Waals surface area contributed by atoms with Crippen LogP contribution in [0.2, 0.25) is 0 Å². The number of esters is 1. The Bertz CT molecular complexity index is 206. The third-order valence-corrected chi connectivity index (χ3v) is 3.43. The molecule has 86 valence electrons. The SMILES string of the molecule is O=C(OC1CCCCC1)C1CCCCN1. The summed E-state index contributed by atoms with van der Waals surface area (Å²) < 4.78 is 5.53. The second-order valence-electron chi connectivity index (χ2n) is 4.70. The fourth-order valence-corrected chi connectivity index (χ4v) is 2.48. The zero-order valence-corrected chi connectivity index (χ0v) is 9.34. The average Bonchev–Trinajstić information content (AvgIpc) is 2.31. The molecule has 1 N–H and O–H groups in total. The zero-order chi connectivity index (χ0) is 10.5. The van der Waals surface area contributed by atoms with Gasteiger partial charge in [0.15, 0.2) is 0 Å². The summed E-state index contributed by atoms with van der Waals surface area (Å²) in [6.45, 7) is 0.963. The van der Waals surface area contributed by atoms with E-state index in [4.69, 9.17) is 4.74 Å². The first-order valence-electron chi connectivity index (χ1n) is 6.30. The van der Waals surface area contributed by atoms with Crippen LogP contribution >= 0.6 is 0 Å². The van der Waals surface area contributed by atoms with Crippen LogP contribution in [-0.4, -0.2) is 24.7 Å². The molecule has 2 aliphatic rings. The molecule has 0 bridgehead atoms. The van der Waals surface area contributed by atoms with Crippen LogP contribution in [0.25, 0.3) is 0 Å². The number of carbonyl (C=O) groups is 1. The number of nitrogens with one attached hydrogen (secondary N) is 1. The van der Waals surface area contributed by atoms with Crippen LogP contribution in [0, 0.1) is 0 Å². The van der Waals surface area contributed by atoms with Crippen LogP contribution in [0.3, 0.4) is 0 Å². The van der Waals surface area contributed by atoms with Gasteiger partial charge in [-0.25, -0.2) is 0 Å². The number of hydrogen-bond acceptors (Lipinski definition) is 3. The molecule has 1 unspecified atom stereocenters. The van der Waals surface area contributed by atoms with Gasteiger partial charge in [-0.05, 0) is 45.1 Å². The van der Waals surface area contributed by atoms with Crippen molar-refractivity contribution in [2.45, 2.75) is 63.5 Å². The van der Waals surface area contributed by atoms with Gasteiger partial charge in [0.1, 0.15) is 12.1 Å². The minimum Gasteiger partial charge on any atom is -0.461 e. The molecule has 0 aromatic rings. The molecule has 1 heterocycles. The van der Waals surface area contributed by atoms with Gasteiger partial charge < -0.3 is 10.1 Å². The first kappa shape index (κ1) is 10.9. The maximum absolute atomic E-state index is 11.8. The molecular weight excluding hydrogens is 190 g/mol. The van der Waals surface area contributed by atoms with Crippen molar-refractivity contribution in [3.05, 3.63) is 0 Å². The molecule has 0 aromatic carbocycles. The Morgan fingerprint density at radius 3 is 2.40 bits per heavy atom. The summed E-state index contributed by atoms with van der Waals surface area (Å²) in [6, 6.07) is -0.0272. The fraction of sp³-hybridized carbons (Fsp3) is 0.917. The molecule has 2 fully saturated rings. The van der Waals surface area contributed by atoms with Gasteiger partial charge >= 0.3 is 5.97 Å². The van der Waals surface area contributed by atoms with Gasteiger partial charge in [-0.2, -0.15) is 0 Å². The first-order valence-corrected chi connectivity index (χ1v) is 6.30. The van der Waals surface area contributed by atoms with Crippen LogP contribution in [0.1, 0.15) is 51.4 Å². The lowest BCUT2D eigenvalue weighted by atomic mass is 9.97. The Morgan fingerprint density at radius 2 is 1.73 bits per heavy atom. The highest BCUT2D eigenvalue weighted by Gasteiger charge is 2.25. The van der Waals surface area contributed by atoms with Gasteiger partial charge in [-0.1, -0.05) is 12.8 Å². The van der Waals surface area contributed by atoms with Gasteiger partial charge in [-0.3, -0.25) is 4.79 Å². The standard InChI is InChI=1S/C12H21NO2/c14-12(11-8-4-5-9-13-11)15-10-6-2-1-3-7-10/h10-11,13H,1-9H2. The summed E-state index contributed by atoms with van der Waals surface area (Å²) in [6.07, 6.45) is 9.37. The third-order valence-electron chi connectivity index (χ3n) is 3.43. The predicted molar refractivity (Wildman–Crippen MR) is 58.6 cm³/mol. The van der Waals surface area contributed by atoms with Crippen molar-refractivity contribution in [1.82, 2.24) is 5.32 Å². The van der Waals surface area contributed by atoms with Crippen molar-refractivity contribution in [3.8, 4) is 0 Å². The van der Waals surface area contributed by atoms with Crippen molar-refractivity contribution in [2.24, 2.45) is 0 Å². The number of ether oxygens (including phenoxy) is 1. The largest absolute Gasteiger partial charge is 0.461 e. The van der Waals surface area contributed by atoms with Gasteiger partial charge in [-0.15, -0.1) is 0 Å². The van der Waals surface area contributed by atoms with Gasteiger partial charge in [0.25, 0.3) is 0 Å². The number of carbonyl (C=O) groups excluding carboxylic acids is 1. The molecule has 3 heteroatoms. The summed E-state index contributed by atoms with van der Waals surface area (Å²) in [7, 11) is 0. The topological polar surface area (TPSA) is 38.3 Å². The number of piperidine rings is 1. The number of rotatable bonds is 2. The normalized spacial score (nSPS) is 28.7. The van der Waals surface area contributed by atoms with E-state index in [-0.39, 0.29) is 18.1 Å². The fourth-order valence-electron chi connectivity index (χ4n) is 2.48. The van der Waals surface area contributed by atoms with Crippen LogP contribution < -0.4 is 5.32 Å². The Labute approximate surface area is 91.6 Å². The van der Waals surface area contributed by atoms with E-state index in [0.717, 1.165) is 32.2 Å². The van der Waals surface area contributed by atoms with E-state index in [1.165, 1.54) is 25.7 Å². The van der Waals surface area contributed by atoms with E-state index in [2.05, 4.69) is 5.32 Å². The second kappa shape index (κ2) is 5.50. The molecular formula is C12H21NO2. The predicted octanol–water partition coefficient (Wildman–Crippen LogP) is 2.00. The molecule has 1 aliphatic carbocycles. The molecule has 15 heavy (non-hydrogen) atoms. The highest BCUT2D eigenvalue weighted by molar-refractivity contribution is 5.76. The molecule has 1 aliphatic heterocycles. The molecule has 0 radical (unpaired) electrons. The lowest BCUT2D eigenvalue weighted by Crippen LogP contribution is -2.42. The maximum Gasteiger partial charge on any atom is 0.323 e. The van der Waals surface area contributed by atoms with Gasteiger partial charge in [0, 0.05) is 0 Å². The lowest BCUT2D eigenvalue weighted by Gasteiger charge is -2.26. The highest BCUT2D eigenvalue weighted by atomic mass is 16.5. The number of hydrogen-bond donors (Lipinski definition) is 1. The summed E-state index contributed by atoms with van der Waals surface area (Å²) in [5, 5.41) is 3.23. The Balaban J connectivity index is 1.74. The molecule has 2 rings (SSSR count). The van der Waals surface area contributed by atoms with E-state index in [1.54, 1.807) is 0 Å². The first-order chi connectivity index (χ1) is 7.36. The maximum atomic E-state index is 11.8. The molecule has 1 atom stereocenters. The minimum absolute atomic E-state index is 0.0124. The lowest BCUT2D eigenvalue weighted by molar-refractivity contribution is -0.153. The van der Waals surface area contributed by atoms with Crippen molar-refractivity contribution >= 4 is 5.97 Å². The smallest absolute Gasteiger partial charge is 0.323 e. The van der Waals surface area contributed by atoms with Crippen molar-refractivity contribution in [3.63, 3.8) is 0 Å². The Morgan fingerprint density at radius 1 is 1.00 bits per heavy atom. The summed E-state index contributed by atoms with van der Waals surface area (Å²) in [4.78, 5) is 11.8. The molecule has 0 aromatic heterocycles. The molecule has 0 spiro atoms. The molecule has 1 saturated heterocycles. The van der Waals surface area contributed by atoms with Crippen molar-refractivity contribution in [1.29, 1.82) is 0 Å². The third kappa shape index (κ3) is 3.20. The second-order valence-corrected chi connectivity index (χ2v) is 4.70.